The van der Waals surface area contributed by atoms with E-state index in [4.69, 9.17) is 4.74 Å². The zero-order valence-electron chi connectivity index (χ0n) is 13.4. The lowest BCUT2D eigenvalue weighted by atomic mass is 10.3. The van der Waals surface area contributed by atoms with Gasteiger partial charge in [-0.1, -0.05) is 22.0 Å². The van der Waals surface area contributed by atoms with Gasteiger partial charge in [0.25, 0.3) is 0 Å². The Kier molecular flexibility index (Phi) is 5.25. The maximum absolute atomic E-state index is 11.9. The standard InChI is InChI=1S/C18H15BrN4O2/c1-23-12-13(10-21-23)5-7-17(24)22-15-6-8-18(20-11-15)25-16-4-2-3-14(19)9-16/h2-12H,1H3,(H,22,24)/b7-5+. The summed E-state index contributed by atoms with van der Waals surface area (Å²) < 4.78 is 8.25. The molecule has 0 unspecified atom stereocenters. The Balaban J connectivity index is 1.58. The van der Waals surface area contributed by atoms with Gasteiger partial charge in [-0.05, 0) is 30.3 Å². The molecule has 0 saturated carbocycles. The molecule has 0 saturated heterocycles. The number of hydrogen-bond donors (Lipinski definition) is 1. The van der Waals surface area contributed by atoms with Crippen molar-refractivity contribution in [1.29, 1.82) is 0 Å². The van der Waals surface area contributed by atoms with Gasteiger partial charge >= 0.3 is 0 Å². The molecule has 25 heavy (non-hydrogen) atoms. The number of hydrogen-bond acceptors (Lipinski definition) is 4. The van der Waals surface area contributed by atoms with E-state index in [1.165, 1.54) is 6.08 Å². The topological polar surface area (TPSA) is 69.0 Å². The quantitative estimate of drug-likeness (QED) is 0.658. The number of rotatable bonds is 5. The van der Waals surface area contributed by atoms with Gasteiger partial charge in [0.2, 0.25) is 11.8 Å². The van der Waals surface area contributed by atoms with Crippen molar-refractivity contribution < 1.29 is 9.53 Å². The Morgan fingerprint density at radius 1 is 1.28 bits per heavy atom. The molecule has 0 aliphatic heterocycles. The summed E-state index contributed by atoms with van der Waals surface area (Å²) in [5.41, 5.74) is 1.44. The molecule has 7 heteroatoms. The lowest BCUT2D eigenvalue weighted by Gasteiger charge is -2.06. The summed E-state index contributed by atoms with van der Waals surface area (Å²) in [4.78, 5) is 16.1. The predicted molar refractivity (Wildman–Crippen MR) is 99.3 cm³/mol. The van der Waals surface area contributed by atoms with Crippen LogP contribution in [0.2, 0.25) is 0 Å². The number of nitrogens with one attached hydrogen (secondary N) is 1. The van der Waals surface area contributed by atoms with Crippen LogP contribution in [-0.4, -0.2) is 20.7 Å². The van der Waals surface area contributed by atoms with Crippen molar-refractivity contribution in [3.8, 4) is 11.6 Å². The van der Waals surface area contributed by atoms with Crippen LogP contribution in [0, 0.1) is 0 Å². The molecule has 1 aromatic carbocycles. The van der Waals surface area contributed by atoms with Crippen LogP contribution >= 0.6 is 15.9 Å². The highest BCUT2D eigenvalue weighted by Gasteiger charge is 2.02. The lowest BCUT2D eigenvalue weighted by molar-refractivity contribution is -0.111. The van der Waals surface area contributed by atoms with E-state index in [2.05, 4.69) is 31.3 Å². The first-order valence-electron chi connectivity index (χ1n) is 7.46. The number of benzene rings is 1. The van der Waals surface area contributed by atoms with Crippen molar-refractivity contribution in [3.05, 3.63) is 71.1 Å². The second kappa shape index (κ2) is 7.76. The number of nitrogens with zero attached hydrogens (tertiary/aromatic N) is 3. The molecule has 3 aromatic rings. The molecule has 126 valence electrons. The highest BCUT2D eigenvalue weighted by atomic mass is 79.9. The first kappa shape index (κ1) is 16.9. The van der Waals surface area contributed by atoms with Crippen LogP contribution in [0.15, 0.2) is 65.5 Å². The van der Waals surface area contributed by atoms with Gasteiger partial charge in [0.05, 0.1) is 18.1 Å². The lowest BCUT2D eigenvalue weighted by Crippen LogP contribution is -2.07. The van der Waals surface area contributed by atoms with E-state index in [0.29, 0.717) is 17.3 Å². The van der Waals surface area contributed by atoms with E-state index in [1.807, 2.05) is 37.5 Å². The van der Waals surface area contributed by atoms with Gasteiger partial charge < -0.3 is 10.1 Å². The van der Waals surface area contributed by atoms with Crippen LogP contribution in [0.5, 0.6) is 11.6 Å². The molecule has 0 atom stereocenters. The number of amides is 1. The summed E-state index contributed by atoms with van der Waals surface area (Å²) in [6, 6.07) is 10.9. The molecule has 6 nitrogen and oxygen atoms in total. The van der Waals surface area contributed by atoms with Crippen LogP contribution < -0.4 is 10.1 Å². The van der Waals surface area contributed by atoms with Crippen LogP contribution in [0.4, 0.5) is 5.69 Å². The summed E-state index contributed by atoms with van der Waals surface area (Å²) in [5.74, 6) is 0.881. The van der Waals surface area contributed by atoms with Gasteiger partial charge in [0, 0.05) is 35.4 Å². The fourth-order valence-electron chi connectivity index (χ4n) is 2.05. The van der Waals surface area contributed by atoms with Crippen LogP contribution in [0.25, 0.3) is 6.08 Å². The highest BCUT2D eigenvalue weighted by molar-refractivity contribution is 9.10. The van der Waals surface area contributed by atoms with Crippen molar-refractivity contribution in [2.75, 3.05) is 5.32 Å². The third-order valence-electron chi connectivity index (χ3n) is 3.17. The van der Waals surface area contributed by atoms with Crippen molar-refractivity contribution in [2.45, 2.75) is 0 Å². The zero-order valence-corrected chi connectivity index (χ0v) is 15.0. The summed E-state index contributed by atoms with van der Waals surface area (Å²) in [5, 5.41) is 6.78. The molecule has 0 bridgehead atoms. The number of aromatic nitrogens is 3. The number of carbonyl (C=O) groups is 1. The molecular formula is C18H15BrN4O2. The fraction of sp³-hybridized carbons (Fsp3) is 0.0556. The predicted octanol–water partition coefficient (Wildman–Crippen LogP) is 4.02. The average molecular weight is 399 g/mol. The minimum atomic E-state index is -0.244. The number of anilines is 1. The minimum absolute atomic E-state index is 0.244. The highest BCUT2D eigenvalue weighted by Crippen LogP contribution is 2.23. The largest absolute Gasteiger partial charge is 0.439 e. The molecule has 1 N–H and O–H groups in total. The van der Waals surface area contributed by atoms with Gasteiger partial charge in [-0.25, -0.2) is 4.98 Å². The maximum atomic E-state index is 11.9. The second-order valence-corrected chi connectivity index (χ2v) is 6.13. The molecule has 0 fully saturated rings. The normalized spacial score (nSPS) is 10.8. The van der Waals surface area contributed by atoms with E-state index >= 15 is 0 Å². The molecule has 0 aliphatic rings. The van der Waals surface area contributed by atoms with E-state index < -0.39 is 0 Å². The molecule has 3 rings (SSSR count). The summed E-state index contributed by atoms with van der Waals surface area (Å²) in [6.07, 6.45) is 8.19. The zero-order chi connectivity index (χ0) is 17.6. The van der Waals surface area contributed by atoms with Gasteiger partial charge in [0.15, 0.2) is 0 Å². The van der Waals surface area contributed by atoms with Gasteiger partial charge in [0.1, 0.15) is 5.75 Å². The molecule has 0 aliphatic carbocycles. The van der Waals surface area contributed by atoms with E-state index in [9.17, 15) is 4.79 Å². The van der Waals surface area contributed by atoms with Gasteiger partial charge in [-0.15, -0.1) is 0 Å². The summed E-state index contributed by atoms with van der Waals surface area (Å²) >= 11 is 3.39. The van der Waals surface area contributed by atoms with Crippen molar-refractivity contribution in [1.82, 2.24) is 14.8 Å². The van der Waals surface area contributed by atoms with Crippen LogP contribution in [0.3, 0.4) is 0 Å². The van der Waals surface area contributed by atoms with E-state index in [0.717, 1.165) is 10.0 Å². The van der Waals surface area contributed by atoms with Gasteiger partial charge in [-0.2, -0.15) is 5.10 Å². The Labute approximate surface area is 153 Å². The molecular weight excluding hydrogens is 384 g/mol. The van der Waals surface area contributed by atoms with Gasteiger partial charge in [-0.3, -0.25) is 9.48 Å². The minimum Gasteiger partial charge on any atom is -0.439 e. The Morgan fingerprint density at radius 3 is 2.84 bits per heavy atom. The van der Waals surface area contributed by atoms with Crippen LogP contribution in [0.1, 0.15) is 5.56 Å². The smallest absolute Gasteiger partial charge is 0.248 e. The third-order valence-corrected chi connectivity index (χ3v) is 3.67. The molecule has 2 aromatic heterocycles. The average Bonchev–Trinajstić information content (AvgIpc) is 3.00. The maximum Gasteiger partial charge on any atom is 0.248 e. The van der Waals surface area contributed by atoms with Crippen molar-refractivity contribution in [2.24, 2.45) is 7.05 Å². The van der Waals surface area contributed by atoms with Crippen LogP contribution in [-0.2, 0) is 11.8 Å². The number of ether oxygens (including phenoxy) is 1. The Bertz CT molecular complexity index is 903. The Morgan fingerprint density at radius 2 is 2.16 bits per heavy atom. The number of pyridine rings is 1. The number of halogens is 1. The third kappa shape index (κ3) is 5.02. The summed E-state index contributed by atoms with van der Waals surface area (Å²) in [6.45, 7) is 0. The molecule has 0 radical (unpaired) electrons. The fourth-order valence-corrected chi connectivity index (χ4v) is 2.43. The number of carbonyl (C=O) groups excluding carboxylic acids is 1. The molecule has 1 amide bonds. The Hall–Kier alpha value is -2.93. The molecule has 0 spiro atoms. The first-order valence-corrected chi connectivity index (χ1v) is 8.25. The SMILES string of the molecule is Cn1cc(/C=C/C(=O)Nc2ccc(Oc3cccc(Br)c3)nc2)cn1. The monoisotopic (exact) mass is 398 g/mol. The second-order valence-electron chi connectivity index (χ2n) is 5.21. The first-order chi connectivity index (χ1) is 12.1. The summed E-state index contributed by atoms with van der Waals surface area (Å²) in [7, 11) is 1.82. The van der Waals surface area contributed by atoms with Crippen molar-refractivity contribution >= 4 is 33.6 Å². The van der Waals surface area contributed by atoms with Crippen molar-refractivity contribution in [3.63, 3.8) is 0 Å². The molecule has 2 heterocycles. The van der Waals surface area contributed by atoms with E-state index in [1.54, 1.807) is 35.3 Å². The van der Waals surface area contributed by atoms with E-state index in [-0.39, 0.29) is 5.91 Å². The number of aryl methyl sites for hydroxylation is 1.